The molecule has 0 bridgehead atoms. The summed E-state index contributed by atoms with van der Waals surface area (Å²) in [7, 11) is 0. The monoisotopic (exact) mass is 399 g/mol. The predicted molar refractivity (Wildman–Crippen MR) is 114 cm³/mol. The van der Waals surface area contributed by atoms with E-state index >= 15 is 0 Å². The molecule has 8 heteroatoms. The van der Waals surface area contributed by atoms with E-state index in [4.69, 9.17) is 4.99 Å². The van der Waals surface area contributed by atoms with Gasteiger partial charge in [0.15, 0.2) is 5.96 Å². The van der Waals surface area contributed by atoms with Crippen LogP contribution < -0.4 is 10.2 Å². The molecule has 0 aromatic carbocycles. The first kappa shape index (κ1) is 19.9. The van der Waals surface area contributed by atoms with Gasteiger partial charge in [-0.25, -0.2) is 9.97 Å². The zero-order chi connectivity index (χ0) is 20.1. The van der Waals surface area contributed by atoms with Crippen LogP contribution in [-0.2, 0) is 4.79 Å². The number of guanidine groups is 1. The molecule has 1 saturated carbocycles. The summed E-state index contributed by atoms with van der Waals surface area (Å²) in [6.07, 6.45) is 9.36. The molecule has 8 nitrogen and oxygen atoms in total. The first-order chi connectivity index (χ1) is 14.2. The van der Waals surface area contributed by atoms with Crippen molar-refractivity contribution < 1.29 is 4.79 Å². The van der Waals surface area contributed by atoms with E-state index in [-0.39, 0.29) is 5.91 Å². The van der Waals surface area contributed by atoms with Gasteiger partial charge in [-0.15, -0.1) is 0 Å². The lowest BCUT2D eigenvalue weighted by atomic mass is 9.68. The highest BCUT2D eigenvalue weighted by Crippen LogP contribution is 2.47. The number of rotatable bonds is 5. The van der Waals surface area contributed by atoms with Gasteiger partial charge in [-0.3, -0.25) is 9.79 Å². The molecular weight excluding hydrogens is 366 g/mol. The van der Waals surface area contributed by atoms with E-state index in [1.807, 2.05) is 11.0 Å². The lowest BCUT2D eigenvalue weighted by Gasteiger charge is -2.38. The largest absolute Gasteiger partial charge is 0.357 e. The van der Waals surface area contributed by atoms with Gasteiger partial charge in [0.1, 0.15) is 0 Å². The van der Waals surface area contributed by atoms with Crippen LogP contribution in [0.3, 0.4) is 0 Å². The molecule has 1 aliphatic carbocycles. The van der Waals surface area contributed by atoms with Crippen LogP contribution in [0, 0.1) is 5.41 Å². The van der Waals surface area contributed by atoms with Crippen molar-refractivity contribution in [2.75, 3.05) is 57.3 Å². The lowest BCUT2D eigenvalue weighted by Crippen LogP contribution is -2.49. The smallest absolute Gasteiger partial charge is 0.225 e. The van der Waals surface area contributed by atoms with Crippen LogP contribution in [0.1, 0.15) is 39.0 Å². The summed E-state index contributed by atoms with van der Waals surface area (Å²) < 4.78 is 0. The fourth-order valence-electron chi connectivity index (χ4n) is 4.65. The molecule has 2 aliphatic heterocycles. The lowest BCUT2D eigenvalue weighted by molar-refractivity contribution is -0.131. The molecule has 2 saturated heterocycles. The third-order valence-corrected chi connectivity index (χ3v) is 6.54. The number of likely N-dealkylation sites (tertiary alicyclic amines) is 1. The number of nitrogens with zero attached hydrogens (tertiary/aromatic N) is 6. The number of amides is 1. The van der Waals surface area contributed by atoms with Crippen LogP contribution in [-0.4, -0.2) is 84.0 Å². The molecule has 4 rings (SSSR count). The topological polar surface area (TPSA) is 77.0 Å². The Hall–Kier alpha value is -2.38. The highest BCUT2D eigenvalue weighted by molar-refractivity contribution is 5.81. The highest BCUT2D eigenvalue weighted by atomic mass is 16.2. The second-order valence-electron chi connectivity index (χ2n) is 8.43. The number of nitrogens with one attached hydrogen (secondary N) is 1. The van der Waals surface area contributed by atoms with Gasteiger partial charge in [0.2, 0.25) is 11.9 Å². The summed E-state index contributed by atoms with van der Waals surface area (Å²) in [5.41, 5.74) is 0.550. The maximum atomic E-state index is 12.6. The average Bonchev–Trinajstić information content (AvgIpc) is 3.20. The Balaban J connectivity index is 1.24. The molecule has 0 atom stereocenters. The molecule has 1 amide bonds. The molecule has 1 N–H and O–H groups in total. The zero-order valence-electron chi connectivity index (χ0n) is 17.5. The molecule has 1 aromatic heterocycles. The van der Waals surface area contributed by atoms with Gasteiger partial charge in [-0.1, -0.05) is 6.42 Å². The number of aromatic nitrogens is 2. The van der Waals surface area contributed by atoms with Gasteiger partial charge in [-0.2, -0.15) is 0 Å². The van der Waals surface area contributed by atoms with Gasteiger partial charge in [0, 0.05) is 64.6 Å². The van der Waals surface area contributed by atoms with E-state index in [9.17, 15) is 4.79 Å². The third-order valence-electron chi connectivity index (χ3n) is 6.54. The van der Waals surface area contributed by atoms with Crippen LogP contribution >= 0.6 is 0 Å². The number of hydrogen-bond donors (Lipinski definition) is 1. The van der Waals surface area contributed by atoms with Gasteiger partial charge in [0.05, 0.1) is 6.54 Å². The van der Waals surface area contributed by atoms with E-state index in [0.29, 0.717) is 18.4 Å². The van der Waals surface area contributed by atoms with E-state index in [1.54, 1.807) is 12.4 Å². The summed E-state index contributed by atoms with van der Waals surface area (Å²) in [5, 5.41) is 3.42. The minimum Gasteiger partial charge on any atom is -0.357 e. The molecular formula is C21H33N7O. The maximum absolute atomic E-state index is 12.6. The average molecular weight is 400 g/mol. The Morgan fingerprint density at radius 3 is 2.48 bits per heavy atom. The standard InChI is InChI=1S/C21H33N7O/c1-2-22-19(28-12-8-21(17-28)6-3-7-21)25-11-5-18(29)26-13-15-27(16-14-26)20-23-9-4-10-24-20/h4,9-10H,2-3,5-8,11-17H2,1H3,(H,22,25). The number of carbonyl (C=O) groups is 1. The minimum absolute atomic E-state index is 0.190. The molecule has 0 radical (unpaired) electrons. The fourth-order valence-corrected chi connectivity index (χ4v) is 4.65. The van der Waals surface area contributed by atoms with Crippen molar-refractivity contribution >= 4 is 17.8 Å². The predicted octanol–water partition coefficient (Wildman–Crippen LogP) is 1.36. The van der Waals surface area contributed by atoms with Gasteiger partial charge < -0.3 is 20.0 Å². The first-order valence-corrected chi connectivity index (χ1v) is 11.0. The van der Waals surface area contributed by atoms with E-state index in [0.717, 1.165) is 57.7 Å². The maximum Gasteiger partial charge on any atom is 0.225 e. The summed E-state index contributed by atoms with van der Waals surface area (Å²) in [4.78, 5) is 32.5. The minimum atomic E-state index is 0.190. The third kappa shape index (κ3) is 4.62. The molecule has 1 aromatic rings. The van der Waals surface area contributed by atoms with E-state index in [1.165, 1.54) is 25.7 Å². The van der Waals surface area contributed by atoms with Crippen LogP contribution in [0.5, 0.6) is 0 Å². The number of anilines is 1. The number of aliphatic imine (C=N–C) groups is 1. The van der Waals surface area contributed by atoms with Crippen molar-refractivity contribution in [3.8, 4) is 0 Å². The molecule has 3 fully saturated rings. The second kappa shape index (κ2) is 8.97. The summed E-state index contributed by atoms with van der Waals surface area (Å²) in [6.45, 7) is 8.71. The molecule has 3 heterocycles. The number of carbonyl (C=O) groups excluding carboxylic acids is 1. The van der Waals surface area contributed by atoms with Gasteiger partial charge in [0.25, 0.3) is 0 Å². The van der Waals surface area contributed by atoms with Crippen LogP contribution in [0.15, 0.2) is 23.5 Å². The van der Waals surface area contributed by atoms with Crippen molar-refractivity contribution in [3.05, 3.63) is 18.5 Å². The SMILES string of the molecule is CCNC(=NCCC(=O)N1CCN(c2ncccn2)CC1)N1CCC2(CCC2)C1. The molecule has 158 valence electrons. The van der Waals surface area contributed by atoms with Crippen molar-refractivity contribution in [1.82, 2.24) is 25.1 Å². The second-order valence-corrected chi connectivity index (χ2v) is 8.43. The molecule has 29 heavy (non-hydrogen) atoms. The van der Waals surface area contributed by atoms with Crippen molar-refractivity contribution in [3.63, 3.8) is 0 Å². The Bertz CT molecular complexity index is 711. The fraction of sp³-hybridized carbons (Fsp3) is 0.714. The van der Waals surface area contributed by atoms with Crippen LogP contribution in [0.2, 0.25) is 0 Å². The summed E-state index contributed by atoms with van der Waals surface area (Å²) >= 11 is 0. The van der Waals surface area contributed by atoms with Crippen LogP contribution in [0.25, 0.3) is 0 Å². The van der Waals surface area contributed by atoms with E-state index < -0.39 is 0 Å². The van der Waals surface area contributed by atoms with Crippen molar-refractivity contribution in [2.45, 2.75) is 39.0 Å². The zero-order valence-corrected chi connectivity index (χ0v) is 17.5. The van der Waals surface area contributed by atoms with Crippen molar-refractivity contribution in [2.24, 2.45) is 10.4 Å². The molecule has 0 unspecified atom stereocenters. The Kier molecular flexibility index (Phi) is 6.16. The molecule has 3 aliphatic rings. The number of piperazine rings is 1. The van der Waals surface area contributed by atoms with Crippen molar-refractivity contribution in [1.29, 1.82) is 0 Å². The van der Waals surface area contributed by atoms with Crippen LogP contribution in [0.4, 0.5) is 5.95 Å². The Morgan fingerprint density at radius 2 is 1.86 bits per heavy atom. The number of hydrogen-bond acceptors (Lipinski definition) is 5. The first-order valence-electron chi connectivity index (χ1n) is 11.0. The highest BCUT2D eigenvalue weighted by Gasteiger charge is 2.43. The van der Waals surface area contributed by atoms with E-state index in [2.05, 4.69) is 32.0 Å². The summed E-state index contributed by atoms with van der Waals surface area (Å²) in [6, 6.07) is 1.82. The Labute approximate surface area is 173 Å². The molecule has 1 spiro atoms. The normalized spacial score (nSPS) is 21.4. The Morgan fingerprint density at radius 1 is 1.10 bits per heavy atom. The van der Waals surface area contributed by atoms with Gasteiger partial charge >= 0.3 is 0 Å². The van der Waals surface area contributed by atoms with Gasteiger partial charge in [-0.05, 0) is 37.7 Å². The quantitative estimate of drug-likeness (QED) is 0.595. The summed E-state index contributed by atoms with van der Waals surface area (Å²) in [5.74, 6) is 1.92.